The molecule has 2 aromatic rings. The molecule has 0 aliphatic heterocycles. The second-order valence-electron chi connectivity index (χ2n) is 9.01. The molecule has 4 heteroatoms. The van der Waals surface area contributed by atoms with Crippen LogP contribution in [0.5, 0.6) is 0 Å². The summed E-state index contributed by atoms with van der Waals surface area (Å²) in [7, 11) is 0. The summed E-state index contributed by atoms with van der Waals surface area (Å²) in [6, 6.07) is 16.0. The van der Waals surface area contributed by atoms with Crippen LogP contribution >= 0.6 is 0 Å². The Labute approximate surface area is 180 Å². The normalized spacial score (nSPS) is 19.0. The molecule has 2 aromatic carbocycles. The minimum absolute atomic E-state index is 0.0304. The second kappa shape index (κ2) is 9.92. The van der Waals surface area contributed by atoms with Gasteiger partial charge in [0.1, 0.15) is 0 Å². The molecule has 3 rings (SSSR count). The third-order valence-corrected chi connectivity index (χ3v) is 6.15. The van der Waals surface area contributed by atoms with E-state index in [2.05, 4.69) is 50.5 Å². The minimum atomic E-state index is -0.0304. The van der Waals surface area contributed by atoms with Crippen LogP contribution in [0.2, 0.25) is 0 Å². The van der Waals surface area contributed by atoms with Gasteiger partial charge < -0.3 is 10.6 Å². The highest BCUT2D eigenvalue weighted by molar-refractivity contribution is 5.95. The van der Waals surface area contributed by atoms with Crippen LogP contribution in [0.25, 0.3) is 0 Å². The first-order chi connectivity index (χ1) is 14.4. The third kappa shape index (κ3) is 5.29. The first-order valence-corrected chi connectivity index (χ1v) is 11.2. The molecule has 30 heavy (non-hydrogen) atoms. The molecule has 0 heterocycles. The average molecular weight is 407 g/mol. The number of carbonyl (C=O) groups excluding carboxylic acids is 2. The fourth-order valence-corrected chi connectivity index (χ4v) is 4.32. The number of para-hydroxylation sites is 2. The number of anilines is 2. The maximum atomic E-state index is 12.8. The van der Waals surface area contributed by atoms with Gasteiger partial charge >= 0.3 is 0 Å². The molecule has 1 aliphatic rings. The number of amides is 2. The monoisotopic (exact) mass is 406 g/mol. The van der Waals surface area contributed by atoms with Crippen molar-refractivity contribution in [2.24, 2.45) is 11.8 Å². The van der Waals surface area contributed by atoms with E-state index in [0.29, 0.717) is 11.8 Å². The van der Waals surface area contributed by atoms with Crippen molar-refractivity contribution in [2.45, 2.75) is 65.2 Å². The van der Waals surface area contributed by atoms with Crippen LogP contribution in [0.15, 0.2) is 48.5 Å². The molecular weight excluding hydrogens is 372 g/mol. The van der Waals surface area contributed by atoms with Gasteiger partial charge in [-0.15, -0.1) is 0 Å². The Bertz CT molecular complexity index is 807. The minimum Gasteiger partial charge on any atom is -0.326 e. The molecular formula is C26H34N2O2. The van der Waals surface area contributed by atoms with Crippen molar-refractivity contribution in [2.75, 3.05) is 10.6 Å². The third-order valence-electron chi connectivity index (χ3n) is 6.15. The van der Waals surface area contributed by atoms with Crippen molar-refractivity contribution in [3.63, 3.8) is 0 Å². The lowest BCUT2D eigenvalue weighted by Gasteiger charge is -2.28. The van der Waals surface area contributed by atoms with Crippen LogP contribution in [0.1, 0.15) is 76.3 Å². The summed E-state index contributed by atoms with van der Waals surface area (Å²) in [5.41, 5.74) is 4.12. The standard InChI is InChI=1S/C26H34N2O2/c1-17(2)21-9-5-7-11-23(21)27-25(29)19-13-15-20(16-14-19)26(30)28-24-12-8-6-10-22(24)18(3)4/h5-12,17-20H,13-16H2,1-4H3,(H,27,29)(H,28,30). The van der Waals surface area contributed by atoms with Crippen molar-refractivity contribution >= 4 is 23.2 Å². The summed E-state index contributed by atoms with van der Waals surface area (Å²) in [5, 5.41) is 6.25. The molecule has 0 aromatic heterocycles. The van der Waals surface area contributed by atoms with Gasteiger partial charge in [-0.25, -0.2) is 0 Å². The van der Waals surface area contributed by atoms with Crippen molar-refractivity contribution < 1.29 is 9.59 Å². The van der Waals surface area contributed by atoms with Gasteiger partial charge in [0.15, 0.2) is 0 Å². The second-order valence-corrected chi connectivity index (χ2v) is 9.01. The molecule has 2 N–H and O–H groups in total. The molecule has 1 aliphatic carbocycles. The van der Waals surface area contributed by atoms with E-state index in [1.54, 1.807) is 0 Å². The van der Waals surface area contributed by atoms with Gasteiger partial charge in [0.25, 0.3) is 0 Å². The Morgan fingerprint density at radius 3 is 1.33 bits per heavy atom. The summed E-state index contributed by atoms with van der Waals surface area (Å²) in [6.07, 6.45) is 3.00. The fraction of sp³-hybridized carbons (Fsp3) is 0.462. The van der Waals surface area contributed by atoms with Gasteiger partial charge in [0.05, 0.1) is 0 Å². The number of hydrogen-bond acceptors (Lipinski definition) is 2. The van der Waals surface area contributed by atoms with E-state index in [1.165, 1.54) is 0 Å². The van der Waals surface area contributed by atoms with Gasteiger partial charge in [-0.3, -0.25) is 9.59 Å². The highest BCUT2D eigenvalue weighted by Crippen LogP contribution is 2.32. The van der Waals surface area contributed by atoms with E-state index in [9.17, 15) is 9.59 Å². The molecule has 0 spiro atoms. The Balaban J connectivity index is 1.56. The average Bonchev–Trinajstić information content (AvgIpc) is 2.74. The van der Waals surface area contributed by atoms with Gasteiger partial charge in [-0.2, -0.15) is 0 Å². The highest BCUT2D eigenvalue weighted by Gasteiger charge is 2.30. The number of carbonyl (C=O) groups is 2. The molecule has 0 unspecified atom stereocenters. The van der Waals surface area contributed by atoms with Crippen molar-refractivity contribution in [1.82, 2.24) is 0 Å². The highest BCUT2D eigenvalue weighted by atomic mass is 16.2. The van der Waals surface area contributed by atoms with Crippen LogP contribution in [0.4, 0.5) is 11.4 Å². The summed E-state index contributed by atoms with van der Waals surface area (Å²) >= 11 is 0. The van der Waals surface area contributed by atoms with Gasteiger partial charge in [0.2, 0.25) is 11.8 Å². The zero-order valence-corrected chi connectivity index (χ0v) is 18.6. The molecule has 0 radical (unpaired) electrons. The first kappa shape index (κ1) is 22.1. The maximum Gasteiger partial charge on any atom is 0.227 e. The van der Waals surface area contributed by atoms with E-state index in [1.807, 2.05) is 36.4 Å². The number of benzene rings is 2. The number of hydrogen-bond donors (Lipinski definition) is 2. The quantitative estimate of drug-likeness (QED) is 0.590. The molecule has 0 saturated heterocycles. The molecule has 0 atom stereocenters. The van der Waals surface area contributed by atoms with E-state index < -0.39 is 0 Å². The predicted octanol–water partition coefficient (Wildman–Crippen LogP) is 6.32. The Hall–Kier alpha value is -2.62. The van der Waals surface area contributed by atoms with Crippen LogP contribution in [0.3, 0.4) is 0 Å². The topological polar surface area (TPSA) is 58.2 Å². The Kier molecular flexibility index (Phi) is 7.30. The van der Waals surface area contributed by atoms with Crippen LogP contribution in [0, 0.1) is 11.8 Å². The largest absolute Gasteiger partial charge is 0.326 e. The lowest BCUT2D eigenvalue weighted by Crippen LogP contribution is -2.32. The van der Waals surface area contributed by atoms with E-state index in [4.69, 9.17) is 0 Å². The summed E-state index contributed by atoms with van der Waals surface area (Å²) in [6.45, 7) is 8.52. The number of rotatable bonds is 6. The predicted molar refractivity (Wildman–Crippen MR) is 124 cm³/mol. The van der Waals surface area contributed by atoms with Gasteiger partial charge in [0, 0.05) is 23.2 Å². The SMILES string of the molecule is CC(C)c1ccccc1NC(=O)C1CCC(C(=O)Nc2ccccc2C(C)C)CC1. The van der Waals surface area contributed by atoms with Crippen LogP contribution < -0.4 is 10.6 Å². The smallest absolute Gasteiger partial charge is 0.227 e. The lowest BCUT2D eigenvalue weighted by atomic mass is 9.81. The van der Waals surface area contributed by atoms with Gasteiger partial charge in [-0.05, 0) is 60.8 Å². The van der Waals surface area contributed by atoms with Crippen molar-refractivity contribution in [3.8, 4) is 0 Å². The van der Waals surface area contributed by atoms with Gasteiger partial charge in [-0.1, -0.05) is 64.1 Å². The van der Waals surface area contributed by atoms with Crippen LogP contribution in [-0.4, -0.2) is 11.8 Å². The summed E-state index contributed by atoms with van der Waals surface area (Å²) < 4.78 is 0. The fourth-order valence-electron chi connectivity index (χ4n) is 4.32. The zero-order valence-electron chi connectivity index (χ0n) is 18.6. The maximum absolute atomic E-state index is 12.8. The number of nitrogens with one attached hydrogen (secondary N) is 2. The Morgan fingerprint density at radius 1 is 0.667 bits per heavy atom. The zero-order chi connectivity index (χ0) is 21.7. The van der Waals surface area contributed by atoms with E-state index >= 15 is 0 Å². The van der Waals surface area contributed by atoms with E-state index in [0.717, 1.165) is 48.2 Å². The van der Waals surface area contributed by atoms with Crippen LogP contribution in [-0.2, 0) is 9.59 Å². The molecule has 2 amide bonds. The molecule has 160 valence electrons. The molecule has 4 nitrogen and oxygen atoms in total. The summed E-state index contributed by atoms with van der Waals surface area (Å²) in [5.74, 6) is 0.804. The molecule has 0 bridgehead atoms. The lowest BCUT2D eigenvalue weighted by molar-refractivity contribution is -0.125. The van der Waals surface area contributed by atoms with E-state index in [-0.39, 0.29) is 23.7 Å². The summed E-state index contributed by atoms with van der Waals surface area (Å²) in [4.78, 5) is 25.6. The molecule has 1 fully saturated rings. The molecule has 1 saturated carbocycles. The Morgan fingerprint density at radius 2 is 1.00 bits per heavy atom. The van der Waals surface area contributed by atoms with Crippen molar-refractivity contribution in [1.29, 1.82) is 0 Å². The first-order valence-electron chi connectivity index (χ1n) is 11.2. The van der Waals surface area contributed by atoms with Crippen molar-refractivity contribution in [3.05, 3.63) is 59.7 Å².